The molecule has 0 aliphatic heterocycles. The third-order valence-electron chi connectivity index (χ3n) is 2.43. The Hall–Kier alpha value is -2.51. The Bertz CT molecular complexity index is 609. The predicted octanol–water partition coefficient (Wildman–Crippen LogP) is 0.633. The van der Waals surface area contributed by atoms with E-state index in [9.17, 15) is 9.59 Å². The Kier molecular flexibility index (Phi) is 3.69. The molecule has 0 saturated heterocycles. The van der Waals surface area contributed by atoms with Gasteiger partial charge in [-0.15, -0.1) is 0 Å². The quantitative estimate of drug-likeness (QED) is 0.783. The summed E-state index contributed by atoms with van der Waals surface area (Å²) in [6.07, 6.45) is 2.08. The van der Waals surface area contributed by atoms with Gasteiger partial charge in [0.2, 0.25) is 0 Å². The number of H-pyrrole nitrogens is 1. The molecule has 2 aromatic rings. The molecule has 0 aromatic carbocycles. The van der Waals surface area contributed by atoms with E-state index in [-0.39, 0.29) is 6.42 Å². The van der Waals surface area contributed by atoms with Gasteiger partial charge in [0.1, 0.15) is 11.8 Å². The number of aromatic amines is 1. The van der Waals surface area contributed by atoms with Crippen LogP contribution in [0.15, 0.2) is 12.7 Å². The van der Waals surface area contributed by atoms with Gasteiger partial charge in [-0.05, 0) is 6.92 Å². The van der Waals surface area contributed by atoms with E-state index in [0.717, 1.165) is 0 Å². The van der Waals surface area contributed by atoms with E-state index in [2.05, 4.69) is 25.3 Å². The van der Waals surface area contributed by atoms with E-state index >= 15 is 0 Å². The number of esters is 1. The number of nitrogens with one attached hydrogen (secondary N) is 2. The van der Waals surface area contributed by atoms with Crippen LogP contribution in [-0.2, 0) is 14.3 Å². The first kappa shape index (κ1) is 12.9. The second-order valence-electron chi connectivity index (χ2n) is 3.80. The Morgan fingerprint density at radius 2 is 2.21 bits per heavy atom. The lowest BCUT2D eigenvalue weighted by Gasteiger charge is -2.12. The van der Waals surface area contributed by atoms with E-state index in [1.165, 1.54) is 19.6 Å². The lowest BCUT2D eigenvalue weighted by Crippen LogP contribution is -2.30. The molecule has 2 heterocycles. The van der Waals surface area contributed by atoms with Gasteiger partial charge < -0.3 is 15.0 Å². The summed E-state index contributed by atoms with van der Waals surface area (Å²) in [5.74, 6) is -0.597. The van der Waals surface area contributed by atoms with Crippen molar-refractivity contribution in [1.82, 2.24) is 19.9 Å². The van der Waals surface area contributed by atoms with Crippen molar-refractivity contribution in [3.63, 3.8) is 0 Å². The van der Waals surface area contributed by atoms with Crippen molar-refractivity contribution < 1.29 is 14.3 Å². The number of hydrogen-bond donors (Lipinski definition) is 2. The summed E-state index contributed by atoms with van der Waals surface area (Å²) in [4.78, 5) is 37.6. The summed E-state index contributed by atoms with van der Waals surface area (Å²) in [6.45, 7) is 3.15. The lowest BCUT2D eigenvalue weighted by molar-refractivity contribution is -0.152. The first-order chi connectivity index (χ1) is 9.11. The van der Waals surface area contributed by atoms with Crippen LogP contribution in [0.5, 0.6) is 0 Å². The van der Waals surface area contributed by atoms with Crippen LogP contribution in [0.3, 0.4) is 0 Å². The fourth-order valence-corrected chi connectivity index (χ4v) is 1.41. The average Bonchev–Trinajstić information content (AvgIpc) is 2.87. The van der Waals surface area contributed by atoms with Gasteiger partial charge in [-0.2, -0.15) is 0 Å². The van der Waals surface area contributed by atoms with Crippen LogP contribution >= 0.6 is 0 Å². The smallest absolute Gasteiger partial charge is 0.306 e. The average molecular weight is 263 g/mol. The van der Waals surface area contributed by atoms with Gasteiger partial charge >= 0.3 is 5.97 Å². The van der Waals surface area contributed by atoms with E-state index in [4.69, 9.17) is 4.74 Å². The molecule has 2 aromatic heterocycles. The van der Waals surface area contributed by atoms with E-state index in [0.29, 0.717) is 17.0 Å². The Labute approximate surface area is 108 Å². The van der Waals surface area contributed by atoms with E-state index in [1.54, 1.807) is 6.92 Å². The van der Waals surface area contributed by atoms with Gasteiger partial charge in [0.25, 0.3) is 5.91 Å². The minimum Gasteiger partial charge on any atom is -0.453 e. The molecule has 0 radical (unpaired) electrons. The van der Waals surface area contributed by atoms with E-state index < -0.39 is 18.0 Å². The summed E-state index contributed by atoms with van der Waals surface area (Å²) < 4.78 is 4.91. The van der Waals surface area contributed by atoms with Crippen LogP contribution in [0.4, 0.5) is 5.82 Å². The maximum Gasteiger partial charge on any atom is 0.306 e. The van der Waals surface area contributed by atoms with E-state index in [1.807, 2.05) is 0 Å². The molecule has 8 heteroatoms. The summed E-state index contributed by atoms with van der Waals surface area (Å²) in [7, 11) is 0. The number of carbonyl (C=O) groups is 2. The topological polar surface area (TPSA) is 110 Å². The Morgan fingerprint density at radius 1 is 1.42 bits per heavy atom. The highest BCUT2D eigenvalue weighted by molar-refractivity contribution is 5.99. The molecule has 1 amide bonds. The zero-order chi connectivity index (χ0) is 13.8. The standard InChI is InChI=1S/C11H13N5O3/c1-3-7(17)19-6(2)11(18)16-10-8-9(13-4-12-8)14-5-15-10/h4-6H,3H2,1-2H3,(H2,12,13,14,15,16,18). The highest BCUT2D eigenvalue weighted by Gasteiger charge is 2.18. The minimum absolute atomic E-state index is 0.218. The molecule has 0 saturated carbocycles. The first-order valence-electron chi connectivity index (χ1n) is 5.76. The zero-order valence-electron chi connectivity index (χ0n) is 10.5. The van der Waals surface area contributed by atoms with Crippen LogP contribution in [0, 0.1) is 0 Å². The molecule has 100 valence electrons. The van der Waals surface area contributed by atoms with Gasteiger partial charge in [-0.1, -0.05) is 6.92 Å². The van der Waals surface area contributed by atoms with Gasteiger partial charge in [-0.25, -0.2) is 15.0 Å². The summed E-state index contributed by atoms with van der Waals surface area (Å²) >= 11 is 0. The third kappa shape index (κ3) is 2.84. The number of imidazole rings is 1. The monoisotopic (exact) mass is 263 g/mol. The number of fused-ring (bicyclic) bond motifs is 1. The maximum atomic E-state index is 11.8. The molecular formula is C11H13N5O3. The van der Waals surface area contributed by atoms with Gasteiger partial charge in [-0.3, -0.25) is 9.59 Å². The molecule has 1 atom stereocenters. The third-order valence-corrected chi connectivity index (χ3v) is 2.43. The zero-order valence-corrected chi connectivity index (χ0v) is 10.5. The number of nitrogens with zero attached hydrogens (tertiary/aromatic N) is 3. The molecule has 0 aliphatic carbocycles. The fourth-order valence-electron chi connectivity index (χ4n) is 1.41. The van der Waals surface area contributed by atoms with Crippen LogP contribution in [0.25, 0.3) is 11.2 Å². The fraction of sp³-hybridized carbons (Fsp3) is 0.364. The number of ether oxygens (including phenoxy) is 1. The molecule has 8 nitrogen and oxygen atoms in total. The normalized spacial score (nSPS) is 12.1. The van der Waals surface area contributed by atoms with Gasteiger partial charge in [0.15, 0.2) is 17.6 Å². The maximum absolute atomic E-state index is 11.8. The molecule has 1 unspecified atom stereocenters. The summed E-state index contributed by atoms with van der Waals surface area (Å²) in [5, 5.41) is 2.56. The molecule has 0 aliphatic rings. The Balaban J connectivity index is 2.10. The number of carbonyl (C=O) groups excluding carboxylic acids is 2. The number of aromatic nitrogens is 4. The van der Waals surface area contributed by atoms with Crippen molar-refractivity contribution in [3.05, 3.63) is 12.7 Å². The molecule has 0 fully saturated rings. The second-order valence-corrected chi connectivity index (χ2v) is 3.80. The largest absolute Gasteiger partial charge is 0.453 e. The van der Waals surface area contributed by atoms with Crippen molar-refractivity contribution in [2.75, 3.05) is 5.32 Å². The molecule has 19 heavy (non-hydrogen) atoms. The van der Waals surface area contributed by atoms with Crippen LogP contribution in [0.1, 0.15) is 20.3 Å². The number of anilines is 1. The first-order valence-corrected chi connectivity index (χ1v) is 5.76. The molecule has 2 rings (SSSR count). The molecule has 0 bridgehead atoms. The van der Waals surface area contributed by atoms with Gasteiger partial charge in [0, 0.05) is 6.42 Å². The highest BCUT2D eigenvalue weighted by Crippen LogP contribution is 2.14. The van der Waals surface area contributed by atoms with Crippen molar-refractivity contribution in [1.29, 1.82) is 0 Å². The van der Waals surface area contributed by atoms with Gasteiger partial charge in [0.05, 0.1) is 6.33 Å². The molecule has 2 N–H and O–H groups in total. The molecule has 0 spiro atoms. The number of amides is 1. The lowest BCUT2D eigenvalue weighted by atomic mass is 10.3. The van der Waals surface area contributed by atoms with Crippen LogP contribution in [0.2, 0.25) is 0 Å². The second kappa shape index (κ2) is 5.42. The predicted molar refractivity (Wildman–Crippen MR) is 66.2 cm³/mol. The number of rotatable bonds is 4. The highest BCUT2D eigenvalue weighted by atomic mass is 16.5. The minimum atomic E-state index is -0.889. The SMILES string of the molecule is CCC(=O)OC(C)C(=O)Nc1ncnc2nc[nH]c12. The van der Waals surface area contributed by atoms with Crippen molar-refractivity contribution in [2.45, 2.75) is 26.4 Å². The number of hydrogen-bond acceptors (Lipinski definition) is 6. The summed E-state index contributed by atoms with van der Waals surface area (Å²) in [6, 6.07) is 0. The Morgan fingerprint density at radius 3 is 2.95 bits per heavy atom. The van der Waals surface area contributed by atoms with Crippen molar-refractivity contribution in [3.8, 4) is 0 Å². The summed E-state index contributed by atoms with van der Waals surface area (Å²) in [5.41, 5.74) is 0.966. The van der Waals surface area contributed by atoms with Crippen molar-refractivity contribution in [2.24, 2.45) is 0 Å². The van der Waals surface area contributed by atoms with Crippen LogP contribution < -0.4 is 5.32 Å². The van der Waals surface area contributed by atoms with Crippen LogP contribution in [-0.4, -0.2) is 37.9 Å². The molecular weight excluding hydrogens is 250 g/mol. The van der Waals surface area contributed by atoms with Crippen molar-refractivity contribution >= 4 is 28.9 Å².